The van der Waals surface area contributed by atoms with E-state index in [0.717, 1.165) is 6.42 Å². The molecule has 0 saturated carbocycles. The molecule has 0 spiro atoms. The zero-order chi connectivity index (χ0) is 9.94. The first-order valence-electron chi connectivity index (χ1n) is 4.19. The Labute approximate surface area is 88.8 Å². The number of rotatable bonds is 3. The van der Waals surface area contributed by atoms with Crippen LogP contribution in [0, 0.1) is 5.41 Å². The molecule has 0 fully saturated rings. The van der Waals surface area contributed by atoms with Crippen molar-refractivity contribution in [3.05, 3.63) is 0 Å². The van der Waals surface area contributed by atoms with Crippen molar-refractivity contribution in [3.63, 3.8) is 0 Å². The topological polar surface area (TPSA) is 20.3 Å². The van der Waals surface area contributed by atoms with E-state index in [-0.39, 0.29) is 11.3 Å². The summed E-state index contributed by atoms with van der Waals surface area (Å²) in [6.45, 7) is 6.13. The molecule has 12 heavy (non-hydrogen) atoms. The van der Waals surface area contributed by atoms with Crippen LogP contribution in [0.1, 0.15) is 27.2 Å². The molecular weight excluding hydrogens is 265 g/mol. The van der Waals surface area contributed by atoms with Gasteiger partial charge in [-0.1, -0.05) is 43.4 Å². The number of carbonyl (C=O) groups excluding carboxylic acids is 1. The molecule has 0 heterocycles. The molecule has 1 atom stereocenters. The number of nitrogens with zero attached hydrogens (tertiary/aromatic N) is 1. The third-order valence-electron chi connectivity index (χ3n) is 2.10. The molecule has 72 valence electrons. The highest BCUT2D eigenvalue weighted by Crippen LogP contribution is 2.31. The van der Waals surface area contributed by atoms with Crippen LogP contribution < -0.4 is 0 Å². The number of hydrogen-bond acceptors (Lipinski definition) is 1. The van der Waals surface area contributed by atoms with Crippen LogP contribution in [0.4, 0.5) is 0 Å². The smallest absolute Gasteiger partial charge is 0.228 e. The van der Waals surface area contributed by atoms with Crippen molar-refractivity contribution in [2.45, 2.75) is 31.1 Å². The Kier molecular flexibility index (Phi) is 4.51. The molecule has 0 aliphatic heterocycles. The van der Waals surface area contributed by atoms with Crippen LogP contribution in [0.5, 0.6) is 0 Å². The minimum absolute atomic E-state index is 0.212. The average molecular weight is 283 g/mol. The van der Waals surface area contributed by atoms with Gasteiger partial charge in [-0.25, -0.2) is 0 Å². The SMILES string of the molecule is CCC(I)C(C)(C)C(=O)N(C)C. The summed E-state index contributed by atoms with van der Waals surface area (Å²) < 4.78 is 0.407. The minimum atomic E-state index is -0.237. The molecule has 0 aromatic heterocycles. The Balaban J connectivity index is 4.49. The fraction of sp³-hybridized carbons (Fsp3) is 0.889. The Morgan fingerprint density at radius 2 is 1.92 bits per heavy atom. The first kappa shape index (κ1) is 12.2. The van der Waals surface area contributed by atoms with Crippen LogP contribution in [-0.2, 0) is 4.79 Å². The molecule has 0 aliphatic rings. The van der Waals surface area contributed by atoms with E-state index >= 15 is 0 Å². The van der Waals surface area contributed by atoms with Crippen LogP contribution in [0.3, 0.4) is 0 Å². The number of amides is 1. The Morgan fingerprint density at radius 3 is 2.17 bits per heavy atom. The van der Waals surface area contributed by atoms with Gasteiger partial charge >= 0.3 is 0 Å². The summed E-state index contributed by atoms with van der Waals surface area (Å²) >= 11 is 2.35. The van der Waals surface area contributed by atoms with E-state index in [9.17, 15) is 4.79 Å². The van der Waals surface area contributed by atoms with Crippen molar-refractivity contribution in [3.8, 4) is 0 Å². The minimum Gasteiger partial charge on any atom is -0.348 e. The lowest BCUT2D eigenvalue weighted by molar-refractivity contribution is -0.137. The van der Waals surface area contributed by atoms with Gasteiger partial charge in [-0.2, -0.15) is 0 Å². The van der Waals surface area contributed by atoms with Gasteiger partial charge in [-0.3, -0.25) is 4.79 Å². The second kappa shape index (κ2) is 4.44. The molecule has 1 unspecified atom stereocenters. The highest BCUT2D eigenvalue weighted by Gasteiger charge is 2.34. The fourth-order valence-electron chi connectivity index (χ4n) is 1.22. The van der Waals surface area contributed by atoms with E-state index < -0.39 is 0 Å². The standard InChI is InChI=1S/C9H18INO/c1-6-7(10)9(2,3)8(12)11(4)5/h7H,6H2,1-5H3. The largest absolute Gasteiger partial charge is 0.348 e. The second-order valence-electron chi connectivity index (χ2n) is 3.80. The molecule has 0 aliphatic carbocycles. The van der Waals surface area contributed by atoms with E-state index in [1.165, 1.54) is 0 Å². The van der Waals surface area contributed by atoms with Crippen molar-refractivity contribution in [2.24, 2.45) is 5.41 Å². The molecular formula is C9H18INO. The van der Waals surface area contributed by atoms with Crippen LogP contribution in [0.25, 0.3) is 0 Å². The summed E-state index contributed by atoms with van der Waals surface area (Å²) in [5, 5.41) is 0. The number of carbonyl (C=O) groups is 1. The summed E-state index contributed by atoms with van der Waals surface area (Å²) in [7, 11) is 3.62. The Morgan fingerprint density at radius 1 is 1.50 bits per heavy atom. The number of alkyl halides is 1. The number of hydrogen-bond donors (Lipinski definition) is 0. The molecule has 2 nitrogen and oxygen atoms in total. The van der Waals surface area contributed by atoms with Crippen LogP contribution >= 0.6 is 22.6 Å². The zero-order valence-electron chi connectivity index (χ0n) is 8.52. The first-order valence-corrected chi connectivity index (χ1v) is 5.44. The summed E-state index contributed by atoms with van der Waals surface area (Å²) in [4.78, 5) is 13.4. The Hall–Kier alpha value is 0.200. The highest BCUT2D eigenvalue weighted by atomic mass is 127. The van der Waals surface area contributed by atoms with E-state index in [2.05, 4.69) is 29.5 Å². The van der Waals surface area contributed by atoms with E-state index in [0.29, 0.717) is 3.92 Å². The van der Waals surface area contributed by atoms with E-state index in [1.807, 2.05) is 27.9 Å². The summed E-state index contributed by atoms with van der Waals surface area (Å²) in [6.07, 6.45) is 1.03. The van der Waals surface area contributed by atoms with Gasteiger partial charge in [0.15, 0.2) is 0 Å². The molecule has 0 radical (unpaired) electrons. The lowest BCUT2D eigenvalue weighted by Crippen LogP contribution is -2.41. The second-order valence-corrected chi connectivity index (χ2v) is 5.30. The molecule has 0 aromatic carbocycles. The zero-order valence-corrected chi connectivity index (χ0v) is 10.7. The van der Waals surface area contributed by atoms with Gasteiger partial charge in [-0.15, -0.1) is 0 Å². The van der Waals surface area contributed by atoms with Gasteiger partial charge in [0.1, 0.15) is 0 Å². The van der Waals surface area contributed by atoms with Crippen LogP contribution in [0.15, 0.2) is 0 Å². The third-order valence-corrected chi connectivity index (χ3v) is 4.54. The number of halogens is 1. The van der Waals surface area contributed by atoms with Gasteiger partial charge < -0.3 is 4.90 Å². The summed E-state index contributed by atoms with van der Waals surface area (Å²) in [6, 6.07) is 0. The molecule has 0 aromatic rings. The van der Waals surface area contributed by atoms with E-state index in [4.69, 9.17) is 0 Å². The maximum absolute atomic E-state index is 11.7. The van der Waals surface area contributed by atoms with Crippen molar-refractivity contribution >= 4 is 28.5 Å². The maximum atomic E-state index is 11.7. The average Bonchev–Trinajstić information content (AvgIpc) is 2.01. The lowest BCUT2D eigenvalue weighted by atomic mass is 9.86. The molecule has 1 amide bonds. The van der Waals surface area contributed by atoms with Gasteiger partial charge in [0.2, 0.25) is 5.91 Å². The van der Waals surface area contributed by atoms with Crippen molar-refractivity contribution in [1.82, 2.24) is 4.90 Å². The van der Waals surface area contributed by atoms with Crippen molar-refractivity contribution in [1.29, 1.82) is 0 Å². The first-order chi connectivity index (χ1) is 5.34. The normalized spacial score (nSPS) is 14.2. The van der Waals surface area contributed by atoms with Gasteiger partial charge in [-0.05, 0) is 6.42 Å². The van der Waals surface area contributed by atoms with Gasteiger partial charge in [0, 0.05) is 18.0 Å². The predicted octanol–water partition coefficient (Wildman–Crippen LogP) is 2.31. The van der Waals surface area contributed by atoms with E-state index in [1.54, 1.807) is 4.90 Å². The predicted molar refractivity (Wildman–Crippen MR) is 60.6 cm³/mol. The van der Waals surface area contributed by atoms with Gasteiger partial charge in [0.25, 0.3) is 0 Å². The Bertz CT molecular complexity index is 166. The van der Waals surface area contributed by atoms with Gasteiger partial charge in [0.05, 0.1) is 5.41 Å². The fourth-order valence-corrected chi connectivity index (χ4v) is 1.49. The van der Waals surface area contributed by atoms with Crippen LogP contribution in [0.2, 0.25) is 0 Å². The van der Waals surface area contributed by atoms with Crippen molar-refractivity contribution in [2.75, 3.05) is 14.1 Å². The summed E-state index contributed by atoms with van der Waals surface area (Å²) in [5.41, 5.74) is -0.237. The quantitative estimate of drug-likeness (QED) is 0.575. The molecule has 0 N–H and O–H groups in total. The monoisotopic (exact) mass is 283 g/mol. The van der Waals surface area contributed by atoms with Crippen molar-refractivity contribution < 1.29 is 4.79 Å². The molecule has 0 saturated heterocycles. The molecule has 0 rings (SSSR count). The maximum Gasteiger partial charge on any atom is 0.228 e. The molecule has 3 heteroatoms. The van der Waals surface area contributed by atoms with Crippen LogP contribution in [-0.4, -0.2) is 28.8 Å². The summed E-state index contributed by atoms with van der Waals surface area (Å²) in [5.74, 6) is 0.212. The molecule has 0 bridgehead atoms. The highest BCUT2D eigenvalue weighted by molar-refractivity contribution is 14.1. The third kappa shape index (κ3) is 2.61. The lowest BCUT2D eigenvalue weighted by Gasteiger charge is -2.31.